The summed E-state index contributed by atoms with van der Waals surface area (Å²) in [6.07, 6.45) is 68.1. The second kappa shape index (κ2) is 56.5. The molecule has 462 valence electrons. The molecule has 1 amide bonds. The summed E-state index contributed by atoms with van der Waals surface area (Å²) in [4.78, 5) is 26.6. The number of rotatable bonds is 53. The van der Waals surface area contributed by atoms with Gasteiger partial charge in [0, 0.05) is 6.42 Å². The second-order valence-corrected chi connectivity index (χ2v) is 21.8. The molecule has 0 saturated carbocycles. The average molecular weight is 1130 g/mol. The first-order chi connectivity index (χ1) is 39.7. The first kappa shape index (κ1) is 75.1. The maximum atomic E-state index is 13.4. The van der Waals surface area contributed by atoms with Gasteiger partial charge >= 0.3 is 5.97 Å². The molecule has 8 atom stereocenters. The fourth-order valence-electron chi connectivity index (χ4n) is 9.39. The number of allylic oxidation sites excluding steroid dienone is 19. The van der Waals surface area contributed by atoms with Gasteiger partial charge in [0.15, 0.2) is 12.4 Å². The molecule has 0 spiro atoms. The van der Waals surface area contributed by atoms with Crippen molar-refractivity contribution < 1.29 is 49.3 Å². The maximum Gasteiger partial charge on any atom is 0.306 e. The highest BCUT2D eigenvalue weighted by atomic mass is 16.7. The van der Waals surface area contributed by atoms with Gasteiger partial charge in [-0.1, -0.05) is 271 Å². The van der Waals surface area contributed by atoms with E-state index in [0.29, 0.717) is 12.8 Å². The molecule has 0 aromatic carbocycles. The molecule has 0 aromatic rings. The predicted molar refractivity (Wildman–Crippen MR) is 338 cm³/mol. The average Bonchev–Trinajstić information content (AvgIpc) is 3.49. The van der Waals surface area contributed by atoms with E-state index in [-0.39, 0.29) is 19.4 Å². The number of amides is 1. The van der Waals surface area contributed by atoms with Gasteiger partial charge in [0.2, 0.25) is 5.91 Å². The Labute approximate surface area is 493 Å². The summed E-state index contributed by atoms with van der Waals surface area (Å²) in [5.41, 5.74) is 0. The molecule has 0 radical (unpaired) electrons. The maximum absolute atomic E-state index is 13.4. The molecule has 1 heterocycles. The molecule has 1 fully saturated rings. The van der Waals surface area contributed by atoms with Gasteiger partial charge in [0.1, 0.15) is 24.4 Å². The number of ether oxygens (including phenoxy) is 3. The molecule has 6 N–H and O–H groups in total. The van der Waals surface area contributed by atoms with Crippen molar-refractivity contribution in [3.63, 3.8) is 0 Å². The van der Waals surface area contributed by atoms with Gasteiger partial charge in [-0.2, -0.15) is 0 Å². The Bertz CT molecular complexity index is 1780. The van der Waals surface area contributed by atoms with Crippen LogP contribution in [0, 0.1) is 0 Å². The highest BCUT2D eigenvalue weighted by molar-refractivity contribution is 5.80. The number of hydrogen-bond donors (Lipinski definition) is 6. The molecule has 1 aliphatic heterocycles. The minimum Gasteiger partial charge on any atom is -0.454 e. The fourth-order valence-corrected chi connectivity index (χ4v) is 9.39. The van der Waals surface area contributed by atoms with Crippen molar-refractivity contribution in [3.8, 4) is 0 Å². The van der Waals surface area contributed by atoms with Crippen LogP contribution in [0.3, 0.4) is 0 Å². The fraction of sp³-hybridized carbons (Fsp3) is 0.686. The van der Waals surface area contributed by atoms with Crippen LogP contribution in [-0.2, 0) is 23.8 Å². The lowest BCUT2D eigenvalue weighted by atomic mass is 9.99. The SMILES string of the molecule is CC/C=C\C/C=C\C/C=C\C/C=C\C/C=C\CCCCCCCCCCCCCC(=O)OC1C(OCC(NC(=O)C(O)CCCCCC\C=C/C=C/C=C/C=C/CC)C(O)/C=C/CCCCCCCCCCC)OC(CO)C(O)C1O. The van der Waals surface area contributed by atoms with Crippen molar-refractivity contribution in [1.29, 1.82) is 0 Å². The molecule has 11 heteroatoms. The summed E-state index contributed by atoms with van der Waals surface area (Å²) in [7, 11) is 0. The van der Waals surface area contributed by atoms with Gasteiger partial charge in [-0.15, -0.1) is 0 Å². The predicted octanol–water partition coefficient (Wildman–Crippen LogP) is 15.8. The van der Waals surface area contributed by atoms with Crippen molar-refractivity contribution in [3.05, 3.63) is 122 Å². The number of carbonyl (C=O) groups is 2. The van der Waals surface area contributed by atoms with Crippen molar-refractivity contribution >= 4 is 11.9 Å². The Morgan fingerprint density at radius 1 is 0.506 bits per heavy atom. The van der Waals surface area contributed by atoms with Gasteiger partial charge in [0.05, 0.1) is 25.4 Å². The summed E-state index contributed by atoms with van der Waals surface area (Å²) in [6.45, 7) is 5.50. The third-order valence-corrected chi connectivity index (χ3v) is 14.5. The van der Waals surface area contributed by atoms with Gasteiger partial charge in [-0.25, -0.2) is 0 Å². The van der Waals surface area contributed by atoms with Gasteiger partial charge in [0.25, 0.3) is 0 Å². The number of carbonyl (C=O) groups excluding carboxylic acids is 2. The molecule has 8 unspecified atom stereocenters. The van der Waals surface area contributed by atoms with E-state index in [4.69, 9.17) is 14.2 Å². The van der Waals surface area contributed by atoms with Crippen LogP contribution in [0.1, 0.15) is 245 Å². The smallest absolute Gasteiger partial charge is 0.306 e. The van der Waals surface area contributed by atoms with Crippen LogP contribution in [0.5, 0.6) is 0 Å². The van der Waals surface area contributed by atoms with E-state index in [1.54, 1.807) is 6.08 Å². The molecular weight excluding hydrogens is 1010 g/mol. The van der Waals surface area contributed by atoms with Crippen molar-refractivity contribution in [2.75, 3.05) is 13.2 Å². The first-order valence-corrected chi connectivity index (χ1v) is 32.4. The summed E-state index contributed by atoms with van der Waals surface area (Å²) in [5.74, 6) is -1.23. The Morgan fingerprint density at radius 2 is 0.951 bits per heavy atom. The third kappa shape index (κ3) is 44.3. The highest BCUT2D eigenvalue weighted by Gasteiger charge is 2.47. The molecule has 11 nitrogen and oxygen atoms in total. The van der Waals surface area contributed by atoms with Crippen molar-refractivity contribution in [2.45, 2.75) is 294 Å². The van der Waals surface area contributed by atoms with Crippen LogP contribution in [0.2, 0.25) is 0 Å². The summed E-state index contributed by atoms with van der Waals surface area (Å²) >= 11 is 0. The first-order valence-electron chi connectivity index (χ1n) is 32.4. The molecule has 1 saturated heterocycles. The lowest BCUT2D eigenvalue weighted by Gasteiger charge is -2.41. The molecule has 0 aromatic heterocycles. The second-order valence-electron chi connectivity index (χ2n) is 21.8. The molecule has 1 aliphatic rings. The van der Waals surface area contributed by atoms with E-state index in [1.165, 1.54) is 77.0 Å². The van der Waals surface area contributed by atoms with Crippen LogP contribution in [0.4, 0.5) is 0 Å². The zero-order valence-electron chi connectivity index (χ0n) is 51.1. The Balaban J connectivity index is 2.58. The zero-order chi connectivity index (χ0) is 58.9. The van der Waals surface area contributed by atoms with Crippen LogP contribution in [-0.4, -0.2) is 99.6 Å². The number of aliphatic hydroxyl groups is 5. The quantitative estimate of drug-likeness (QED) is 0.0149. The van der Waals surface area contributed by atoms with E-state index >= 15 is 0 Å². The molecule has 0 aliphatic carbocycles. The van der Waals surface area contributed by atoms with E-state index in [2.05, 4.69) is 99.0 Å². The van der Waals surface area contributed by atoms with Gasteiger partial charge < -0.3 is 45.1 Å². The largest absolute Gasteiger partial charge is 0.454 e. The Kier molecular flexibility index (Phi) is 52.4. The topological polar surface area (TPSA) is 175 Å². The molecular formula is C70H117NO10. The minimum atomic E-state index is -1.63. The van der Waals surface area contributed by atoms with Crippen LogP contribution in [0.15, 0.2) is 122 Å². The Hall–Kier alpha value is -3.94. The van der Waals surface area contributed by atoms with Crippen LogP contribution in [0.25, 0.3) is 0 Å². The van der Waals surface area contributed by atoms with Crippen molar-refractivity contribution in [1.82, 2.24) is 5.32 Å². The number of aliphatic hydroxyl groups excluding tert-OH is 5. The standard InChI is InChI=1S/C70H117NO10/c1-4-7-10-13-16-19-22-24-26-27-28-29-30-31-32-33-34-35-36-37-38-40-43-46-49-52-55-58-65(75)81-68-67(77)66(76)64(59-72)80-70(68)79-60-61(62(73)56-53-50-47-44-41-21-18-15-12-9-6-3)71-69(78)63(74)57-54-51-48-45-42-39-25-23-20-17-14-11-8-5-2/h7-8,10-11,14,16-17,19-20,23-26,28-29,31-32,39,53,56,61-64,66-68,70,72-74,76-77H,4-6,9,12-13,15,18,21-22,27,30,33-38,40-52,54-55,57-60H2,1-3H3,(H,71,78)/b10-7-,11-8+,17-14+,19-16-,23-20+,26-24-,29-28-,32-31-,39-25-,56-53+. The van der Waals surface area contributed by atoms with E-state index in [0.717, 1.165) is 122 Å². The molecule has 0 bridgehead atoms. The molecule has 1 rings (SSSR count). The van der Waals surface area contributed by atoms with Crippen LogP contribution < -0.4 is 5.32 Å². The highest BCUT2D eigenvalue weighted by Crippen LogP contribution is 2.26. The van der Waals surface area contributed by atoms with E-state index in [1.807, 2.05) is 42.5 Å². The summed E-state index contributed by atoms with van der Waals surface area (Å²) in [5, 5.41) is 57.0. The number of esters is 1. The Morgan fingerprint density at radius 3 is 1.48 bits per heavy atom. The molecule has 81 heavy (non-hydrogen) atoms. The normalized spacial score (nSPS) is 19.5. The number of unbranched alkanes of at least 4 members (excludes halogenated alkanes) is 24. The van der Waals surface area contributed by atoms with E-state index in [9.17, 15) is 35.1 Å². The van der Waals surface area contributed by atoms with Crippen LogP contribution >= 0.6 is 0 Å². The minimum absolute atomic E-state index is 0.110. The lowest BCUT2D eigenvalue weighted by molar-refractivity contribution is -0.305. The van der Waals surface area contributed by atoms with E-state index < -0.39 is 67.4 Å². The monoisotopic (exact) mass is 1130 g/mol. The third-order valence-electron chi connectivity index (χ3n) is 14.5. The summed E-state index contributed by atoms with van der Waals surface area (Å²) in [6, 6.07) is -1.04. The van der Waals surface area contributed by atoms with Gasteiger partial charge in [-0.3, -0.25) is 9.59 Å². The number of nitrogens with one attached hydrogen (secondary N) is 1. The van der Waals surface area contributed by atoms with Gasteiger partial charge in [-0.05, 0) is 89.9 Å². The summed E-state index contributed by atoms with van der Waals surface area (Å²) < 4.78 is 17.6. The zero-order valence-corrected chi connectivity index (χ0v) is 51.1. The van der Waals surface area contributed by atoms with Crippen molar-refractivity contribution in [2.24, 2.45) is 0 Å². The lowest BCUT2D eigenvalue weighted by Crippen LogP contribution is -2.61. The number of hydrogen-bond acceptors (Lipinski definition) is 10.